The van der Waals surface area contributed by atoms with Gasteiger partial charge in [0.05, 0.1) is 7.11 Å². The molecule has 1 amide bonds. The summed E-state index contributed by atoms with van der Waals surface area (Å²) in [6.45, 7) is 3.41. The number of aromatic nitrogens is 2. The van der Waals surface area contributed by atoms with Crippen molar-refractivity contribution >= 4 is 6.09 Å². The number of ether oxygens (including phenoxy) is 1. The van der Waals surface area contributed by atoms with Crippen LogP contribution in [0.15, 0.2) is 4.42 Å². The van der Waals surface area contributed by atoms with Gasteiger partial charge in [0, 0.05) is 6.92 Å². The Hall–Kier alpha value is -1.59. The van der Waals surface area contributed by atoms with Gasteiger partial charge in [0.2, 0.25) is 11.8 Å². The second-order valence-electron chi connectivity index (χ2n) is 2.52. The third-order valence-corrected chi connectivity index (χ3v) is 1.43. The fourth-order valence-corrected chi connectivity index (χ4v) is 0.784. The van der Waals surface area contributed by atoms with E-state index in [0.29, 0.717) is 11.8 Å². The molecule has 0 saturated heterocycles. The summed E-state index contributed by atoms with van der Waals surface area (Å²) < 4.78 is 9.51. The molecule has 1 rings (SSSR count). The van der Waals surface area contributed by atoms with Crippen LogP contribution in [0.5, 0.6) is 0 Å². The standard InChI is InChI=1S/C7H11N3O3/c1-4(8-7(11)12-3)6-10-9-5(2)13-6/h4H,1-3H3,(H,8,11)/t4-/m0/s1. The maximum absolute atomic E-state index is 10.8. The molecular weight excluding hydrogens is 174 g/mol. The van der Waals surface area contributed by atoms with Crippen LogP contribution in [0.4, 0.5) is 4.79 Å². The molecule has 0 aliphatic carbocycles. The van der Waals surface area contributed by atoms with Crippen molar-refractivity contribution < 1.29 is 13.9 Å². The SMILES string of the molecule is COC(=O)N[C@@H](C)c1nnc(C)o1. The van der Waals surface area contributed by atoms with E-state index in [2.05, 4.69) is 20.3 Å². The van der Waals surface area contributed by atoms with Crippen LogP contribution in [0.2, 0.25) is 0 Å². The zero-order valence-electron chi connectivity index (χ0n) is 7.70. The molecule has 0 saturated carbocycles. The van der Waals surface area contributed by atoms with Crippen LogP contribution in [0, 0.1) is 6.92 Å². The number of rotatable bonds is 2. The predicted octanol–water partition coefficient (Wildman–Crippen LogP) is 0.795. The maximum Gasteiger partial charge on any atom is 0.407 e. The number of nitrogens with one attached hydrogen (secondary N) is 1. The smallest absolute Gasteiger partial charge is 0.407 e. The lowest BCUT2D eigenvalue weighted by molar-refractivity contribution is 0.165. The molecule has 0 aromatic carbocycles. The Bertz CT molecular complexity index is 297. The molecule has 0 aliphatic rings. The summed E-state index contributed by atoms with van der Waals surface area (Å²) in [4.78, 5) is 10.8. The van der Waals surface area contributed by atoms with Crippen molar-refractivity contribution in [3.63, 3.8) is 0 Å². The van der Waals surface area contributed by atoms with E-state index >= 15 is 0 Å². The molecule has 1 N–H and O–H groups in total. The minimum absolute atomic E-state index is 0.339. The third kappa shape index (κ3) is 2.43. The van der Waals surface area contributed by atoms with Gasteiger partial charge in [-0.15, -0.1) is 10.2 Å². The summed E-state index contributed by atoms with van der Waals surface area (Å²) in [7, 11) is 1.29. The summed E-state index contributed by atoms with van der Waals surface area (Å²) in [6, 6.07) is -0.339. The van der Waals surface area contributed by atoms with Gasteiger partial charge >= 0.3 is 6.09 Å². The number of hydrogen-bond donors (Lipinski definition) is 1. The zero-order valence-corrected chi connectivity index (χ0v) is 7.70. The molecule has 0 spiro atoms. The first kappa shape index (κ1) is 9.50. The van der Waals surface area contributed by atoms with Crippen LogP contribution in [0.3, 0.4) is 0 Å². The summed E-state index contributed by atoms with van der Waals surface area (Å²) in [5.41, 5.74) is 0. The van der Waals surface area contributed by atoms with Crippen molar-refractivity contribution in [2.24, 2.45) is 0 Å². The summed E-state index contributed by atoms with van der Waals surface area (Å²) in [5, 5.41) is 9.88. The molecule has 0 aliphatic heterocycles. The Labute approximate surface area is 75.3 Å². The molecule has 6 nitrogen and oxygen atoms in total. The number of nitrogens with zero attached hydrogens (tertiary/aromatic N) is 2. The molecular formula is C7H11N3O3. The normalized spacial score (nSPS) is 12.2. The molecule has 0 radical (unpaired) electrons. The highest BCUT2D eigenvalue weighted by molar-refractivity contribution is 5.67. The largest absolute Gasteiger partial charge is 0.453 e. The predicted molar refractivity (Wildman–Crippen MR) is 43.0 cm³/mol. The first-order valence-corrected chi connectivity index (χ1v) is 3.78. The topological polar surface area (TPSA) is 77.2 Å². The van der Waals surface area contributed by atoms with Crippen LogP contribution < -0.4 is 5.32 Å². The molecule has 1 heterocycles. The molecule has 1 atom stereocenters. The van der Waals surface area contributed by atoms with Crippen molar-refractivity contribution in [2.45, 2.75) is 19.9 Å². The van der Waals surface area contributed by atoms with Crippen molar-refractivity contribution in [2.75, 3.05) is 7.11 Å². The van der Waals surface area contributed by atoms with E-state index < -0.39 is 6.09 Å². The molecule has 0 bridgehead atoms. The van der Waals surface area contributed by atoms with Crippen LogP contribution in [-0.4, -0.2) is 23.4 Å². The maximum atomic E-state index is 10.8. The monoisotopic (exact) mass is 185 g/mol. The molecule has 1 aromatic rings. The average molecular weight is 185 g/mol. The Kier molecular flexibility index (Phi) is 2.84. The number of hydrogen-bond acceptors (Lipinski definition) is 5. The van der Waals surface area contributed by atoms with E-state index in [4.69, 9.17) is 4.42 Å². The van der Waals surface area contributed by atoms with Gasteiger partial charge in [-0.25, -0.2) is 4.79 Å². The van der Waals surface area contributed by atoms with E-state index in [0.717, 1.165) is 0 Å². The van der Waals surface area contributed by atoms with Crippen molar-refractivity contribution in [1.29, 1.82) is 0 Å². The summed E-state index contributed by atoms with van der Waals surface area (Å²) in [5.74, 6) is 0.830. The van der Waals surface area contributed by atoms with Crippen molar-refractivity contribution in [3.05, 3.63) is 11.8 Å². The van der Waals surface area contributed by atoms with E-state index in [1.165, 1.54) is 7.11 Å². The van der Waals surface area contributed by atoms with Crippen LogP contribution >= 0.6 is 0 Å². The Morgan fingerprint density at radius 2 is 2.31 bits per heavy atom. The number of amides is 1. The molecule has 0 unspecified atom stereocenters. The first-order valence-electron chi connectivity index (χ1n) is 3.78. The van der Waals surface area contributed by atoms with Crippen LogP contribution in [0.25, 0.3) is 0 Å². The second-order valence-corrected chi connectivity index (χ2v) is 2.52. The molecule has 1 aromatic heterocycles. The highest BCUT2D eigenvalue weighted by Crippen LogP contribution is 2.09. The minimum atomic E-state index is -0.525. The first-order chi connectivity index (χ1) is 6.13. The molecule has 0 fully saturated rings. The van der Waals surface area contributed by atoms with Gasteiger partial charge < -0.3 is 14.5 Å². The van der Waals surface area contributed by atoms with Gasteiger partial charge in [0.1, 0.15) is 6.04 Å². The minimum Gasteiger partial charge on any atom is -0.453 e. The lowest BCUT2D eigenvalue weighted by Crippen LogP contribution is -2.26. The molecule has 13 heavy (non-hydrogen) atoms. The molecule has 6 heteroatoms. The highest BCUT2D eigenvalue weighted by atomic mass is 16.5. The summed E-state index contributed by atoms with van der Waals surface area (Å²) >= 11 is 0. The van der Waals surface area contributed by atoms with E-state index in [1.54, 1.807) is 13.8 Å². The molecule has 72 valence electrons. The average Bonchev–Trinajstić information content (AvgIpc) is 2.51. The van der Waals surface area contributed by atoms with E-state index in [1.807, 2.05) is 0 Å². The Morgan fingerprint density at radius 3 is 2.77 bits per heavy atom. The van der Waals surface area contributed by atoms with E-state index in [9.17, 15) is 4.79 Å². The van der Waals surface area contributed by atoms with Gasteiger partial charge in [-0.3, -0.25) is 0 Å². The second kappa shape index (κ2) is 3.88. The van der Waals surface area contributed by atoms with Crippen LogP contribution in [-0.2, 0) is 4.74 Å². The quantitative estimate of drug-likeness (QED) is 0.737. The number of methoxy groups -OCH3 is 1. The van der Waals surface area contributed by atoms with E-state index in [-0.39, 0.29) is 6.04 Å². The summed E-state index contributed by atoms with van der Waals surface area (Å²) in [6.07, 6.45) is -0.525. The van der Waals surface area contributed by atoms with Gasteiger partial charge in [-0.05, 0) is 6.92 Å². The Morgan fingerprint density at radius 1 is 1.62 bits per heavy atom. The third-order valence-electron chi connectivity index (χ3n) is 1.43. The Balaban J connectivity index is 2.58. The van der Waals surface area contributed by atoms with Gasteiger partial charge in [0.15, 0.2) is 0 Å². The number of carbonyl (C=O) groups excluding carboxylic acids is 1. The zero-order chi connectivity index (χ0) is 9.84. The lowest BCUT2D eigenvalue weighted by Gasteiger charge is -2.07. The fourth-order valence-electron chi connectivity index (χ4n) is 0.784. The van der Waals surface area contributed by atoms with Crippen molar-refractivity contribution in [1.82, 2.24) is 15.5 Å². The van der Waals surface area contributed by atoms with Crippen molar-refractivity contribution in [3.8, 4) is 0 Å². The lowest BCUT2D eigenvalue weighted by atomic mass is 10.3. The van der Waals surface area contributed by atoms with Crippen LogP contribution in [0.1, 0.15) is 24.7 Å². The fraction of sp³-hybridized carbons (Fsp3) is 0.571. The van der Waals surface area contributed by atoms with Gasteiger partial charge in [0.25, 0.3) is 0 Å². The number of aryl methyl sites for hydroxylation is 1. The van der Waals surface area contributed by atoms with Gasteiger partial charge in [-0.2, -0.15) is 0 Å². The van der Waals surface area contributed by atoms with Gasteiger partial charge in [-0.1, -0.05) is 0 Å². The number of alkyl carbamates (subject to hydrolysis) is 1. The highest BCUT2D eigenvalue weighted by Gasteiger charge is 2.14. The number of carbonyl (C=O) groups is 1.